The Labute approximate surface area is 253 Å². The molecule has 11 heteroatoms. The van der Waals surface area contributed by atoms with Crippen LogP contribution in [0, 0.1) is 5.92 Å². The van der Waals surface area contributed by atoms with Gasteiger partial charge in [-0.1, -0.05) is 44.2 Å². The average Bonchev–Trinajstić information content (AvgIpc) is 3.55. The molecule has 3 aromatic heterocycles. The molecule has 0 amide bonds. The molecule has 0 bridgehead atoms. The number of phosphoric ester groups is 1. The molecule has 1 fully saturated rings. The largest absolute Gasteiger partial charge is 0.475 e. The number of imidazole rings is 1. The van der Waals surface area contributed by atoms with Gasteiger partial charge < -0.3 is 9.47 Å². The van der Waals surface area contributed by atoms with E-state index in [0.29, 0.717) is 38.5 Å². The van der Waals surface area contributed by atoms with Gasteiger partial charge in [-0.2, -0.15) is 0 Å². The molecule has 0 N–H and O–H groups in total. The quantitative estimate of drug-likeness (QED) is 0.187. The van der Waals surface area contributed by atoms with Gasteiger partial charge in [0.15, 0.2) is 5.65 Å². The van der Waals surface area contributed by atoms with Crippen molar-refractivity contribution >= 4 is 24.9 Å². The topological polar surface area (TPSA) is 104 Å². The zero-order valence-corrected chi connectivity index (χ0v) is 26.5. The summed E-state index contributed by atoms with van der Waals surface area (Å²) in [5, 5.41) is 0. The number of aromatic nitrogens is 5. The number of pyridine rings is 1. The Hall–Kier alpha value is -3.17. The first-order chi connectivity index (χ1) is 20.6. The summed E-state index contributed by atoms with van der Waals surface area (Å²) in [6.07, 6.45) is 6.74. The molecule has 1 unspecified atom stereocenters. The predicted octanol–water partition coefficient (Wildman–Crippen LogP) is 7.01. The Bertz CT molecular complexity index is 1590. The smallest absolute Gasteiger partial charge is 0.341 e. The molecule has 1 aromatic carbocycles. The summed E-state index contributed by atoms with van der Waals surface area (Å²) in [6.45, 7) is 11.2. The number of phosphoric acid groups is 1. The first kappa shape index (κ1) is 29.9. The molecule has 0 spiro atoms. The van der Waals surface area contributed by atoms with Gasteiger partial charge in [-0.15, -0.1) is 0 Å². The zero-order chi connectivity index (χ0) is 30.2. The van der Waals surface area contributed by atoms with E-state index in [0.717, 1.165) is 41.1 Å². The summed E-state index contributed by atoms with van der Waals surface area (Å²) in [5.74, 6) is 1.95. The lowest BCUT2D eigenvalue weighted by Crippen LogP contribution is -2.38. The first-order valence-corrected chi connectivity index (χ1v) is 16.7. The summed E-state index contributed by atoms with van der Waals surface area (Å²) < 4.78 is 33.2. The first-order valence-electron chi connectivity index (χ1n) is 15.2. The third-order valence-electron chi connectivity index (χ3n) is 7.64. The van der Waals surface area contributed by atoms with E-state index in [4.69, 9.17) is 23.5 Å². The van der Waals surface area contributed by atoms with Crippen molar-refractivity contribution in [1.82, 2.24) is 24.5 Å². The number of hydrogen-bond acceptors (Lipinski definition) is 9. The fourth-order valence-electron chi connectivity index (χ4n) is 5.69. The zero-order valence-electron chi connectivity index (χ0n) is 25.6. The van der Waals surface area contributed by atoms with Gasteiger partial charge >= 0.3 is 7.82 Å². The molecular formula is C32H41N6O4P. The lowest BCUT2D eigenvalue weighted by Gasteiger charge is -2.34. The van der Waals surface area contributed by atoms with E-state index in [1.165, 1.54) is 5.56 Å². The number of piperidine rings is 1. The summed E-state index contributed by atoms with van der Waals surface area (Å²) in [6, 6.07) is 14.8. The summed E-state index contributed by atoms with van der Waals surface area (Å²) in [4.78, 5) is 21.4. The van der Waals surface area contributed by atoms with Crippen molar-refractivity contribution in [2.24, 2.45) is 5.92 Å². The molecule has 43 heavy (non-hydrogen) atoms. The van der Waals surface area contributed by atoms with Crippen LogP contribution in [-0.2, 0) is 24.6 Å². The van der Waals surface area contributed by atoms with Crippen molar-refractivity contribution in [3.05, 3.63) is 66.2 Å². The monoisotopic (exact) mass is 604 g/mol. The Balaban J connectivity index is 1.13. The maximum Gasteiger partial charge on any atom is 0.475 e. The lowest BCUT2D eigenvalue weighted by molar-refractivity contribution is 0.0156. The molecule has 10 nitrogen and oxygen atoms in total. The molecule has 4 aromatic rings. The number of hydrogen-bond donors (Lipinski definition) is 0. The summed E-state index contributed by atoms with van der Waals surface area (Å²) in [5.41, 5.74) is 4.12. The van der Waals surface area contributed by atoms with Crippen LogP contribution >= 0.6 is 7.82 Å². The Morgan fingerprint density at radius 2 is 1.70 bits per heavy atom. The Morgan fingerprint density at radius 1 is 0.977 bits per heavy atom. The van der Waals surface area contributed by atoms with Crippen molar-refractivity contribution in [2.45, 2.75) is 78.0 Å². The van der Waals surface area contributed by atoms with Crippen molar-refractivity contribution in [1.29, 1.82) is 0 Å². The fourth-order valence-corrected chi connectivity index (χ4v) is 7.57. The lowest BCUT2D eigenvalue weighted by atomic mass is 10.0. The van der Waals surface area contributed by atoms with Gasteiger partial charge in [0.25, 0.3) is 0 Å². The van der Waals surface area contributed by atoms with E-state index in [2.05, 4.69) is 43.7 Å². The van der Waals surface area contributed by atoms with Crippen molar-refractivity contribution in [3.8, 4) is 11.3 Å². The highest BCUT2D eigenvalue weighted by Crippen LogP contribution is 2.54. The number of anilines is 1. The van der Waals surface area contributed by atoms with Gasteiger partial charge in [-0.25, -0.2) is 24.5 Å². The highest BCUT2D eigenvalue weighted by atomic mass is 31.2. The van der Waals surface area contributed by atoms with Crippen LogP contribution < -0.4 is 4.90 Å². The van der Waals surface area contributed by atoms with Gasteiger partial charge in [-0.05, 0) is 63.6 Å². The second-order valence-corrected chi connectivity index (χ2v) is 14.4. The third-order valence-corrected chi connectivity index (χ3v) is 9.43. The Kier molecular flexibility index (Phi) is 8.39. The number of nitrogens with zero attached hydrogens (tertiary/aromatic N) is 6. The molecule has 228 valence electrons. The van der Waals surface area contributed by atoms with Crippen LogP contribution in [0.5, 0.6) is 0 Å². The van der Waals surface area contributed by atoms with E-state index < -0.39 is 13.4 Å². The van der Waals surface area contributed by atoms with Crippen LogP contribution in [0.1, 0.15) is 71.3 Å². The molecule has 2 atom stereocenters. The van der Waals surface area contributed by atoms with Crippen molar-refractivity contribution in [3.63, 3.8) is 0 Å². The Morgan fingerprint density at radius 3 is 2.37 bits per heavy atom. The van der Waals surface area contributed by atoms with Crippen LogP contribution in [0.2, 0.25) is 0 Å². The molecule has 2 aliphatic heterocycles. The number of rotatable bonds is 9. The average molecular weight is 605 g/mol. The van der Waals surface area contributed by atoms with E-state index in [9.17, 15) is 4.57 Å². The normalized spacial score (nSPS) is 19.2. The van der Waals surface area contributed by atoms with E-state index in [-0.39, 0.29) is 18.1 Å². The molecule has 1 saturated heterocycles. The van der Waals surface area contributed by atoms with Gasteiger partial charge in [-0.3, -0.25) is 13.6 Å². The minimum atomic E-state index is -3.70. The second-order valence-electron chi connectivity index (χ2n) is 12.8. The molecular weight excluding hydrogens is 563 g/mol. The maximum absolute atomic E-state index is 13.4. The van der Waals surface area contributed by atoms with Crippen LogP contribution in [0.25, 0.3) is 22.4 Å². The van der Waals surface area contributed by atoms with E-state index in [1.54, 1.807) is 0 Å². The van der Waals surface area contributed by atoms with Gasteiger partial charge in [0.1, 0.15) is 11.3 Å². The van der Waals surface area contributed by atoms with E-state index >= 15 is 0 Å². The third kappa shape index (κ3) is 6.83. The van der Waals surface area contributed by atoms with Crippen LogP contribution in [0.15, 0.2) is 54.9 Å². The van der Waals surface area contributed by atoms with E-state index in [1.807, 2.05) is 65.2 Å². The van der Waals surface area contributed by atoms with Gasteiger partial charge in [0.2, 0.25) is 5.95 Å². The van der Waals surface area contributed by atoms with Crippen molar-refractivity contribution < 1.29 is 18.1 Å². The molecule has 6 rings (SSSR count). The van der Waals surface area contributed by atoms with Crippen LogP contribution in [-0.4, -0.2) is 55.9 Å². The van der Waals surface area contributed by atoms with Crippen LogP contribution in [0.3, 0.4) is 0 Å². The van der Waals surface area contributed by atoms with Gasteiger partial charge in [0.05, 0.1) is 30.0 Å². The van der Waals surface area contributed by atoms with Gasteiger partial charge in [0, 0.05) is 37.5 Å². The maximum atomic E-state index is 13.4. The number of aryl methyl sites for hydroxylation is 1. The van der Waals surface area contributed by atoms with Crippen LogP contribution in [0.4, 0.5) is 5.95 Å². The summed E-state index contributed by atoms with van der Waals surface area (Å²) in [7, 11) is -3.70. The molecule has 0 saturated carbocycles. The molecule has 0 radical (unpaired) electrons. The highest BCUT2D eigenvalue weighted by molar-refractivity contribution is 7.48. The highest BCUT2D eigenvalue weighted by Gasteiger charge is 2.37. The summed E-state index contributed by atoms with van der Waals surface area (Å²) >= 11 is 0. The van der Waals surface area contributed by atoms with Crippen molar-refractivity contribution in [2.75, 3.05) is 24.6 Å². The second kappa shape index (κ2) is 12.1. The SMILES string of the molecule is CC(C)COP(=O)(OC1CCN(c2ncc(-c3ccc4nc5n(c4n3)[C@@H](c3ccccc3)CC5)cn2)CC1)OC(C)(C)C. The fraction of sp³-hybridized carbons (Fsp3) is 0.500. The molecule has 5 heterocycles. The number of benzene rings is 1. The molecule has 0 aliphatic carbocycles. The standard InChI is InChI=1S/C32H41N6O4P/c1-22(2)21-40-43(39,42-32(3,4)5)41-25-15-17-37(18-16-25)31-33-19-24(20-34-31)26-11-12-27-30(36-26)38-28(13-14-29(38)35-27)23-9-7-6-8-10-23/h6-12,19-20,22,25,28H,13-18,21H2,1-5H3/t28-,43?/m1/s1. The molecule has 2 aliphatic rings. The predicted molar refractivity (Wildman–Crippen MR) is 167 cm³/mol. The minimum Gasteiger partial charge on any atom is -0.341 e. The minimum absolute atomic E-state index is 0.215. The number of fused-ring (bicyclic) bond motifs is 3.